The van der Waals surface area contributed by atoms with Gasteiger partial charge in [0.15, 0.2) is 0 Å². The SMILES string of the molecule is ClC=C(Cl)c1cc(Cl)c(Cl)cc1Cl. The van der Waals surface area contributed by atoms with E-state index in [0.717, 1.165) is 0 Å². The lowest BCUT2D eigenvalue weighted by atomic mass is 10.2. The Morgan fingerprint density at radius 1 is 1.00 bits per heavy atom. The van der Waals surface area contributed by atoms with E-state index in [1.165, 1.54) is 11.6 Å². The molecular formula is C8H3Cl5. The highest BCUT2D eigenvalue weighted by Crippen LogP contribution is 2.34. The van der Waals surface area contributed by atoms with E-state index in [1.807, 2.05) is 0 Å². The van der Waals surface area contributed by atoms with Gasteiger partial charge in [0.25, 0.3) is 0 Å². The van der Waals surface area contributed by atoms with Crippen molar-refractivity contribution < 1.29 is 0 Å². The van der Waals surface area contributed by atoms with Crippen LogP contribution in [-0.2, 0) is 0 Å². The Morgan fingerprint density at radius 3 is 2.08 bits per heavy atom. The van der Waals surface area contributed by atoms with E-state index >= 15 is 0 Å². The maximum absolute atomic E-state index is 5.85. The molecule has 0 nitrogen and oxygen atoms in total. The molecular weight excluding hydrogens is 273 g/mol. The zero-order chi connectivity index (χ0) is 10.0. The standard InChI is InChI=1S/C8H3Cl5/c9-3-8(13)4-1-6(11)7(12)2-5(4)10/h1-3H. The van der Waals surface area contributed by atoms with Gasteiger partial charge in [-0.1, -0.05) is 58.0 Å². The molecule has 0 aliphatic heterocycles. The highest BCUT2D eigenvalue weighted by molar-refractivity contribution is 6.54. The van der Waals surface area contributed by atoms with Crippen LogP contribution in [0.1, 0.15) is 5.56 Å². The quantitative estimate of drug-likeness (QED) is 0.600. The molecule has 0 aliphatic carbocycles. The van der Waals surface area contributed by atoms with Crippen LogP contribution in [0.15, 0.2) is 17.7 Å². The van der Waals surface area contributed by atoms with Crippen molar-refractivity contribution in [2.45, 2.75) is 0 Å². The molecule has 0 atom stereocenters. The molecule has 0 N–H and O–H groups in total. The largest absolute Gasteiger partial charge is 0.0913 e. The molecule has 13 heavy (non-hydrogen) atoms. The Labute approximate surface area is 101 Å². The van der Waals surface area contributed by atoms with Crippen LogP contribution in [0.3, 0.4) is 0 Å². The highest BCUT2D eigenvalue weighted by atomic mass is 35.5. The fourth-order valence-corrected chi connectivity index (χ4v) is 1.74. The summed E-state index contributed by atoms with van der Waals surface area (Å²) in [5, 5.41) is 1.51. The molecule has 0 radical (unpaired) electrons. The summed E-state index contributed by atoms with van der Waals surface area (Å²) in [7, 11) is 0. The lowest BCUT2D eigenvalue weighted by Crippen LogP contribution is -1.80. The predicted octanol–water partition coefficient (Wildman–Crippen LogP) is 5.42. The van der Waals surface area contributed by atoms with Gasteiger partial charge < -0.3 is 0 Å². The van der Waals surface area contributed by atoms with Gasteiger partial charge in [-0.2, -0.15) is 0 Å². The van der Waals surface area contributed by atoms with Gasteiger partial charge in [-0.25, -0.2) is 0 Å². The van der Waals surface area contributed by atoms with Gasteiger partial charge in [-0.15, -0.1) is 0 Å². The van der Waals surface area contributed by atoms with Crippen LogP contribution in [0, 0.1) is 0 Å². The minimum absolute atomic E-state index is 0.324. The second-order valence-corrected chi connectivity index (χ2v) is 4.05. The zero-order valence-electron chi connectivity index (χ0n) is 6.12. The Bertz CT molecular complexity index is 356. The van der Waals surface area contributed by atoms with Crippen LogP contribution in [0.4, 0.5) is 0 Å². The first-order valence-corrected chi connectivity index (χ1v) is 5.12. The molecule has 0 fully saturated rings. The molecule has 1 aromatic carbocycles. The Kier molecular flexibility index (Phi) is 4.21. The fraction of sp³-hybridized carbons (Fsp3) is 0. The van der Waals surface area contributed by atoms with E-state index in [1.54, 1.807) is 6.07 Å². The summed E-state index contributed by atoms with van der Waals surface area (Å²) in [5.41, 5.74) is 1.78. The molecule has 0 amide bonds. The summed E-state index contributed by atoms with van der Waals surface area (Å²) in [6.07, 6.45) is 0. The maximum Gasteiger partial charge on any atom is 0.0607 e. The average Bonchev–Trinajstić information content (AvgIpc) is 2.10. The third kappa shape index (κ3) is 2.68. The molecule has 0 unspecified atom stereocenters. The van der Waals surface area contributed by atoms with Crippen LogP contribution in [0.2, 0.25) is 15.1 Å². The van der Waals surface area contributed by atoms with Gasteiger partial charge in [0.05, 0.1) is 20.1 Å². The van der Waals surface area contributed by atoms with Crippen LogP contribution < -0.4 is 0 Å². The molecule has 0 bridgehead atoms. The Balaban J connectivity index is 3.32. The molecule has 70 valence electrons. The lowest BCUT2D eigenvalue weighted by Gasteiger charge is -2.03. The lowest BCUT2D eigenvalue weighted by molar-refractivity contribution is 1.64. The number of benzene rings is 1. The summed E-state index contributed by atoms with van der Waals surface area (Å²) in [4.78, 5) is 0. The van der Waals surface area contributed by atoms with Gasteiger partial charge >= 0.3 is 0 Å². The number of hydrogen-bond donors (Lipinski definition) is 0. The molecule has 1 rings (SSSR count). The average molecular weight is 276 g/mol. The van der Waals surface area contributed by atoms with Gasteiger partial charge in [-0.3, -0.25) is 0 Å². The van der Waals surface area contributed by atoms with Crippen molar-refractivity contribution in [1.29, 1.82) is 0 Å². The highest BCUT2D eigenvalue weighted by Gasteiger charge is 2.08. The van der Waals surface area contributed by atoms with Crippen LogP contribution in [0.25, 0.3) is 5.03 Å². The summed E-state index contributed by atoms with van der Waals surface area (Å²) < 4.78 is 0. The van der Waals surface area contributed by atoms with Crippen molar-refractivity contribution >= 4 is 63.0 Å². The number of halogens is 5. The van der Waals surface area contributed by atoms with E-state index in [9.17, 15) is 0 Å². The summed E-state index contributed by atoms with van der Waals surface area (Å²) in [6.45, 7) is 0. The number of rotatable bonds is 1. The van der Waals surface area contributed by atoms with Crippen molar-refractivity contribution in [3.8, 4) is 0 Å². The predicted molar refractivity (Wildman–Crippen MR) is 61.2 cm³/mol. The molecule has 1 aromatic rings. The first-order chi connectivity index (χ1) is 6.06. The van der Waals surface area contributed by atoms with Crippen LogP contribution in [-0.4, -0.2) is 0 Å². The van der Waals surface area contributed by atoms with E-state index in [4.69, 9.17) is 58.0 Å². The smallest absolute Gasteiger partial charge is 0.0607 e. The molecule has 0 heterocycles. The normalized spacial score (nSPS) is 11.9. The topological polar surface area (TPSA) is 0 Å². The first-order valence-electron chi connectivity index (χ1n) is 3.17. The van der Waals surface area contributed by atoms with Gasteiger partial charge in [-0.05, 0) is 12.1 Å². The van der Waals surface area contributed by atoms with E-state index in [-0.39, 0.29) is 0 Å². The third-order valence-electron chi connectivity index (χ3n) is 1.36. The second kappa shape index (κ2) is 4.77. The van der Waals surface area contributed by atoms with Crippen molar-refractivity contribution in [3.63, 3.8) is 0 Å². The van der Waals surface area contributed by atoms with E-state index < -0.39 is 0 Å². The maximum atomic E-state index is 5.85. The Hall–Kier alpha value is 0.410. The summed E-state index contributed by atoms with van der Waals surface area (Å²) in [6, 6.07) is 3.08. The van der Waals surface area contributed by atoms with E-state index in [2.05, 4.69) is 0 Å². The third-order valence-corrected chi connectivity index (χ3v) is 3.04. The van der Waals surface area contributed by atoms with Gasteiger partial charge in [0.2, 0.25) is 0 Å². The minimum atomic E-state index is 0.324. The van der Waals surface area contributed by atoms with Crippen molar-refractivity contribution in [1.82, 2.24) is 0 Å². The van der Waals surface area contributed by atoms with E-state index in [0.29, 0.717) is 25.7 Å². The van der Waals surface area contributed by atoms with Crippen LogP contribution in [0.5, 0.6) is 0 Å². The Morgan fingerprint density at radius 2 is 1.54 bits per heavy atom. The molecule has 5 heteroatoms. The van der Waals surface area contributed by atoms with Crippen molar-refractivity contribution in [2.24, 2.45) is 0 Å². The molecule has 0 saturated carbocycles. The fourth-order valence-electron chi connectivity index (χ4n) is 0.764. The number of hydrogen-bond acceptors (Lipinski definition) is 0. The zero-order valence-corrected chi connectivity index (χ0v) is 9.90. The van der Waals surface area contributed by atoms with Crippen molar-refractivity contribution in [3.05, 3.63) is 38.3 Å². The van der Waals surface area contributed by atoms with Crippen LogP contribution >= 0.6 is 58.0 Å². The van der Waals surface area contributed by atoms with Gasteiger partial charge in [0.1, 0.15) is 0 Å². The van der Waals surface area contributed by atoms with Crippen molar-refractivity contribution in [2.75, 3.05) is 0 Å². The minimum Gasteiger partial charge on any atom is -0.0913 e. The second-order valence-electron chi connectivity index (χ2n) is 2.20. The monoisotopic (exact) mass is 274 g/mol. The van der Waals surface area contributed by atoms with Gasteiger partial charge in [0, 0.05) is 11.1 Å². The molecule has 0 aliphatic rings. The molecule has 0 spiro atoms. The summed E-state index contributed by atoms with van der Waals surface area (Å²) >= 11 is 28.5. The molecule has 0 saturated heterocycles. The molecule has 0 aromatic heterocycles. The summed E-state index contributed by atoms with van der Waals surface area (Å²) in [5.74, 6) is 0. The first kappa shape index (κ1) is 11.5.